The van der Waals surface area contributed by atoms with Crippen LogP contribution in [-0.2, 0) is 24.2 Å². The fourth-order valence-corrected chi connectivity index (χ4v) is 6.29. The Labute approximate surface area is 214 Å². The molecule has 35 heavy (non-hydrogen) atoms. The van der Waals surface area contributed by atoms with E-state index in [9.17, 15) is 10.1 Å². The lowest BCUT2D eigenvalue weighted by Crippen LogP contribution is -2.14. The van der Waals surface area contributed by atoms with E-state index in [0.717, 1.165) is 42.0 Å². The number of carbonyl (C=O) groups is 1. The molecular formula is C26H31N5O2S2. The molecule has 1 aliphatic rings. The topological polar surface area (TPSA) is 92.8 Å². The van der Waals surface area contributed by atoms with Crippen LogP contribution in [0.15, 0.2) is 29.4 Å². The number of nitrogens with one attached hydrogen (secondary N) is 1. The fourth-order valence-electron chi connectivity index (χ4n) is 4.11. The lowest BCUT2D eigenvalue weighted by atomic mass is 9.89. The minimum atomic E-state index is -0.142. The lowest BCUT2D eigenvalue weighted by molar-refractivity contribution is -0.113. The Kier molecular flexibility index (Phi) is 8.14. The number of aromatic nitrogens is 3. The molecular weight excluding hydrogens is 478 g/mol. The van der Waals surface area contributed by atoms with Crippen LogP contribution in [0, 0.1) is 23.2 Å². The molecule has 0 spiro atoms. The van der Waals surface area contributed by atoms with Gasteiger partial charge in [-0.2, -0.15) is 5.26 Å². The molecule has 1 aliphatic carbocycles. The molecule has 0 aliphatic heterocycles. The maximum absolute atomic E-state index is 12.7. The molecule has 7 nitrogen and oxygen atoms in total. The van der Waals surface area contributed by atoms with E-state index in [-0.39, 0.29) is 11.7 Å². The summed E-state index contributed by atoms with van der Waals surface area (Å²) in [6, 6.07) is 10.2. The van der Waals surface area contributed by atoms with Crippen LogP contribution in [0.2, 0.25) is 0 Å². The van der Waals surface area contributed by atoms with Gasteiger partial charge in [-0.15, -0.1) is 21.5 Å². The minimum Gasteiger partial charge on any atom is -0.493 e. The predicted octanol–water partition coefficient (Wildman–Crippen LogP) is 5.79. The van der Waals surface area contributed by atoms with Crippen LogP contribution < -0.4 is 10.1 Å². The van der Waals surface area contributed by atoms with Gasteiger partial charge in [-0.25, -0.2) is 0 Å². The Morgan fingerprint density at radius 1 is 1.34 bits per heavy atom. The third kappa shape index (κ3) is 5.88. The molecule has 0 bridgehead atoms. The van der Waals surface area contributed by atoms with Crippen LogP contribution in [-0.4, -0.2) is 33.0 Å². The number of thioether (sulfide) groups is 1. The Morgan fingerprint density at radius 2 is 2.11 bits per heavy atom. The first kappa shape index (κ1) is 25.3. The number of fused-ring (bicyclic) bond motifs is 1. The van der Waals surface area contributed by atoms with Crippen LogP contribution in [0.3, 0.4) is 0 Å². The summed E-state index contributed by atoms with van der Waals surface area (Å²) in [7, 11) is 0. The first-order valence-corrected chi connectivity index (χ1v) is 13.8. The molecule has 0 radical (unpaired) electrons. The number of ether oxygens (including phenoxy) is 1. The molecule has 1 aromatic carbocycles. The van der Waals surface area contributed by atoms with E-state index in [1.807, 2.05) is 35.8 Å². The van der Waals surface area contributed by atoms with E-state index in [1.54, 1.807) is 11.3 Å². The second-order valence-electron chi connectivity index (χ2n) is 9.28. The normalized spacial score (nSPS) is 15.0. The summed E-state index contributed by atoms with van der Waals surface area (Å²) < 4.78 is 7.78. The van der Waals surface area contributed by atoms with Gasteiger partial charge < -0.3 is 14.6 Å². The summed E-state index contributed by atoms with van der Waals surface area (Å²) in [5.74, 6) is 2.73. The van der Waals surface area contributed by atoms with Crippen LogP contribution in [0.4, 0.5) is 5.00 Å². The van der Waals surface area contributed by atoms with Crippen LogP contribution in [0.5, 0.6) is 5.75 Å². The van der Waals surface area contributed by atoms with Gasteiger partial charge in [0.05, 0.1) is 17.9 Å². The molecule has 1 N–H and O–H groups in total. The van der Waals surface area contributed by atoms with Crippen molar-refractivity contribution < 1.29 is 9.53 Å². The summed E-state index contributed by atoms with van der Waals surface area (Å²) >= 11 is 2.90. The molecule has 1 amide bonds. The summed E-state index contributed by atoms with van der Waals surface area (Å²) in [6.07, 6.45) is 2.98. The number of nitriles is 1. The third-order valence-corrected chi connectivity index (χ3v) is 8.07. The van der Waals surface area contributed by atoms with Crippen molar-refractivity contribution in [2.75, 3.05) is 17.7 Å². The molecule has 0 saturated carbocycles. The summed E-state index contributed by atoms with van der Waals surface area (Å²) in [5.41, 5.74) is 2.70. The second-order valence-corrected chi connectivity index (χ2v) is 11.3. The molecule has 3 aromatic rings. The number of nitrogens with zero attached hydrogens (tertiary/aromatic N) is 4. The molecule has 1 unspecified atom stereocenters. The quantitative estimate of drug-likeness (QED) is 0.367. The molecule has 9 heteroatoms. The maximum atomic E-state index is 12.7. The monoisotopic (exact) mass is 509 g/mol. The van der Waals surface area contributed by atoms with Gasteiger partial charge in [-0.1, -0.05) is 32.5 Å². The van der Waals surface area contributed by atoms with Crippen molar-refractivity contribution in [1.82, 2.24) is 14.8 Å². The summed E-state index contributed by atoms with van der Waals surface area (Å²) in [6.45, 7) is 9.87. The van der Waals surface area contributed by atoms with Gasteiger partial charge in [0.25, 0.3) is 0 Å². The first-order chi connectivity index (χ1) is 16.9. The molecule has 2 heterocycles. The standard InChI is InChI=1S/C26H31N5O2S2/c1-5-31-24(18-7-9-19(10-8-18)33-14-16(2)3)29-30-26(31)34-15-23(32)28-25-21(13-27)20-11-6-17(4)12-22(20)35-25/h7-10,16-17H,5-6,11-12,14-15H2,1-4H3,(H,28,32). The Hall–Kier alpha value is -2.83. The lowest BCUT2D eigenvalue weighted by Gasteiger charge is -2.17. The van der Waals surface area contributed by atoms with E-state index < -0.39 is 0 Å². The number of carbonyl (C=O) groups excluding carboxylic acids is 1. The second kappa shape index (κ2) is 11.3. The third-order valence-electron chi connectivity index (χ3n) is 5.94. The Balaban J connectivity index is 1.41. The zero-order valence-electron chi connectivity index (χ0n) is 20.6. The zero-order chi connectivity index (χ0) is 24.9. The van der Waals surface area contributed by atoms with Crippen LogP contribution >= 0.6 is 23.1 Å². The minimum absolute atomic E-state index is 0.142. The van der Waals surface area contributed by atoms with Crippen molar-refractivity contribution in [2.24, 2.45) is 11.8 Å². The Morgan fingerprint density at radius 3 is 2.80 bits per heavy atom. The highest BCUT2D eigenvalue weighted by Crippen LogP contribution is 2.39. The van der Waals surface area contributed by atoms with Gasteiger partial charge in [-0.05, 0) is 67.9 Å². The van der Waals surface area contributed by atoms with Crippen molar-refractivity contribution in [3.63, 3.8) is 0 Å². The van der Waals surface area contributed by atoms with Gasteiger partial charge >= 0.3 is 0 Å². The SMILES string of the molecule is CCn1c(SCC(=O)Nc2sc3c(c2C#N)CCC(C)C3)nnc1-c1ccc(OCC(C)C)cc1. The van der Waals surface area contributed by atoms with Gasteiger partial charge in [-0.3, -0.25) is 4.79 Å². The van der Waals surface area contributed by atoms with E-state index >= 15 is 0 Å². The number of hydrogen-bond donors (Lipinski definition) is 1. The Bertz CT molecular complexity index is 1220. The number of thiophene rings is 1. The van der Waals surface area contributed by atoms with E-state index in [2.05, 4.69) is 42.4 Å². The van der Waals surface area contributed by atoms with Crippen molar-refractivity contribution in [3.8, 4) is 23.2 Å². The summed E-state index contributed by atoms with van der Waals surface area (Å²) in [4.78, 5) is 14.0. The highest BCUT2D eigenvalue weighted by atomic mass is 32.2. The van der Waals surface area contributed by atoms with Gasteiger partial charge in [0.2, 0.25) is 5.91 Å². The van der Waals surface area contributed by atoms with Crippen molar-refractivity contribution >= 4 is 34.0 Å². The zero-order valence-corrected chi connectivity index (χ0v) is 22.3. The first-order valence-electron chi connectivity index (χ1n) is 12.0. The molecule has 4 rings (SSSR count). The van der Waals surface area contributed by atoms with E-state index in [4.69, 9.17) is 4.74 Å². The van der Waals surface area contributed by atoms with Gasteiger partial charge in [0.15, 0.2) is 11.0 Å². The predicted molar refractivity (Wildman–Crippen MR) is 141 cm³/mol. The maximum Gasteiger partial charge on any atom is 0.235 e. The van der Waals surface area contributed by atoms with Gasteiger partial charge in [0, 0.05) is 17.0 Å². The number of anilines is 1. The molecule has 0 saturated heterocycles. The summed E-state index contributed by atoms with van der Waals surface area (Å²) in [5, 5.41) is 22.7. The van der Waals surface area contributed by atoms with Gasteiger partial charge in [0.1, 0.15) is 16.8 Å². The fraction of sp³-hybridized carbons (Fsp3) is 0.462. The van der Waals surface area contributed by atoms with Crippen molar-refractivity contribution in [3.05, 3.63) is 40.3 Å². The number of amides is 1. The van der Waals surface area contributed by atoms with E-state index in [1.165, 1.54) is 16.6 Å². The number of rotatable bonds is 9. The molecule has 0 fully saturated rings. The van der Waals surface area contributed by atoms with Crippen molar-refractivity contribution in [2.45, 2.75) is 58.7 Å². The number of hydrogen-bond acceptors (Lipinski definition) is 7. The average Bonchev–Trinajstić information content (AvgIpc) is 3.41. The van der Waals surface area contributed by atoms with Crippen LogP contribution in [0.1, 0.15) is 50.1 Å². The average molecular weight is 510 g/mol. The largest absolute Gasteiger partial charge is 0.493 e. The smallest absolute Gasteiger partial charge is 0.235 e. The van der Waals surface area contributed by atoms with Crippen LogP contribution in [0.25, 0.3) is 11.4 Å². The highest BCUT2D eigenvalue weighted by Gasteiger charge is 2.25. The molecule has 184 valence electrons. The number of benzene rings is 1. The van der Waals surface area contributed by atoms with E-state index in [0.29, 0.717) is 40.7 Å². The van der Waals surface area contributed by atoms with Crippen molar-refractivity contribution in [1.29, 1.82) is 5.26 Å². The molecule has 2 aromatic heterocycles. The molecule has 1 atom stereocenters. The highest BCUT2D eigenvalue weighted by molar-refractivity contribution is 7.99.